The second-order valence-corrected chi connectivity index (χ2v) is 8.72. The first-order chi connectivity index (χ1) is 13.8. The van der Waals surface area contributed by atoms with Crippen LogP contribution in [0.3, 0.4) is 0 Å². The molecule has 0 saturated heterocycles. The Kier molecular flexibility index (Phi) is 4.65. The van der Waals surface area contributed by atoms with E-state index in [1.807, 2.05) is 70.2 Å². The van der Waals surface area contributed by atoms with Crippen LogP contribution in [0, 0.1) is 0 Å². The van der Waals surface area contributed by atoms with E-state index in [4.69, 9.17) is 0 Å². The lowest BCUT2D eigenvalue weighted by Gasteiger charge is -2.33. The predicted molar refractivity (Wildman–Crippen MR) is 116 cm³/mol. The molecule has 0 radical (unpaired) electrons. The van der Waals surface area contributed by atoms with E-state index in [9.17, 15) is 9.59 Å². The second-order valence-electron chi connectivity index (χ2n) is 8.72. The summed E-state index contributed by atoms with van der Waals surface area (Å²) >= 11 is 0. The van der Waals surface area contributed by atoms with Crippen molar-refractivity contribution < 1.29 is 9.59 Å². The fraction of sp³-hybridized carbons (Fsp3) is 0.280. The minimum absolute atomic E-state index is 0.102. The summed E-state index contributed by atoms with van der Waals surface area (Å²) in [5.41, 5.74) is 2.01. The second kappa shape index (κ2) is 7.03. The predicted octanol–water partition coefficient (Wildman–Crippen LogP) is 5.01. The highest BCUT2D eigenvalue weighted by molar-refractivity contribution is 6.05. The number of hydrogen-bond donors (Lipinski definition) is 1. The molecule has 2 unspecified atom stereocenters. The van der Waals surface area contributed by atoms with Gasteiger partial charge in [-0.05, 0) is 61.7 Å². The average molecular weight is 386 g/mol. The van der Waals surface area contributed by atoms with Crippen molar-refractivity contribution in [3.05, 3.63) is 83.4 Å². The third kappa shape index (κ3) is 3.51. The molecule has 29 heavy (non-hydrogen) atoms. The molecule has 3 aromatic carbocycles. The standard InChI is InChI=1S/C25H26N2O2/c1-16(18-14-13-17-9-5-6-10-19(17)15-18)27-22(23(28)26-25(2,3)4)20-11-7-8-12-21(20)24(27)29/h5-16,22H,1-4H3,(H,26,28). The highest BCUT2D eigenvalue weighted by atomic mass is 16.2. The quantitative estimate of drug-likeness (QED) is 0.688. The van der Waals surface area contributed by atoms with Crippen LogP contribution >= 0.6 is 0 Å². The van der Waals surface area contributed by atoms with E-state index in [0.717, 1.165) is 21.9 Å². The number of nitrogens with zero attached hydrogens (tertiary/aromatic N) is 1. The number of nitrogens with one attached hydrogen (secondary N) is 1. The van der Waals surface area contributed by atoms with Gasteiger partial charge in [-0.1, -0.05) is 54.6 Å². The third-order valence-electron chi connectivity index (χ3n) is 5.42. The largest absolute Gasteiger partial charge is 0.349 e. The number of carbonyl (C=O) groups is 2. The summed E-state index contributed by atoms with van der Waals surface area (Å²) in [6.45, 7) is 7.84. The van der Waals surface area contributed by atoms with Gasteiger partial charge in [0, 0.05) is 11.1 Å². The number of fused-ring (bicyclic) bond motifs is 2. The van der Waals surface area contributed by atoms with E-state index >= 15 is 0 Å². The molecule has 0 aromatic heterocycles. The Morgan fingerprint density at radius 2 is 1.62 bits per heavy atom. The monoisotopic (exact) mass is 386 g/mol. The molecule has 2 atom stereocenters. The Labute approximate surface area is 171 Å². The molecule has 1 heterocycles. The Balaban J connectivity index is 1.76. The zero-order valence-electron chi connectivity index (χ0n) is 17.3. The minimum atomic E-state index is -0.639. The molecular formula is C25H26N2O2. The van der Waals surface area contributed by atoms with Crippen molar-refractivity contribution >= 4 is 22.6 Å². The van der Waals surface area contributed by atoms with Crippen LogP contribution in [0.15, 0.2) is 66.7 Å². The number of amides is 2. The van der Waals surface area contributed by atoms with Crippen molar-refractivity contribution in [1.29, 1.82) is 0 Å². The number of carbonyl (C=O) groups excluding carboxylic acids is 2. The highest BCUT2D eigenvalue weighted by Gasteiger charge is 2.44. The maximum absolute atomic E-state index is 13.3. The first-order valence-corrected chi connectivity index (χ1v) is 9.98. The molecule has 0 bridgehead atoms. The molecule has 0 spiro atoms. The molecule has 0 saturated carbocycles. The summed E-state index contributed by atoms with van der Waals surface area (Å²) in [5, 5.41) is 5.33. The van der Waals surface area contributed by atoms with Gasteiger partial charge in [0.15, 0.2) is 0 Å². The zero-order chi connectivity index (χ0) is 20.8. The summed E-state index contributed by atoms with van der Waals surface area (Å²) in [7, 11) is 0. The first kappa shape index (κ1) is 19.2. The minimum Gasteiger partial charge on any atom is -0.349 e. The topological polar surface area (TPSA) is 49.4 Å². The van der Waals surface area contributed by atoms with Crippen molar-refractivity contribution in [2.75, 3.05) is 0 Å². The zero-order valence-corrected chi connectivity index (χ0v) is 17.3. The average Bonchev–Trinajstić information content (AvgIpc) is 2.99. The molecule has 1 aliphatic heterocycles. The lowest BCUT2D eigenvalue weighted by atomic mass is 9.99. The summed E-state index contributed by atoms with van der Waals surface area (Å²) < 4.78 is 0. The van der Waals surface area contributed by atoms with Crippen LogP contribution in [0.5, 0.6) is 0 Å². The highest BCUT2D eigenvalue weighted by Crippen LogP contribution is 2.40. The van der Waals surface area contributed by atoms with Gasteiger partial charge in [-0.2, -0.15) is 0 Å². The van der Waals surface area contributed by atoms with E-state index in [1.165, 1.54) is 0 Å². The fourth-order valence-electron chi connectivity index (χ4n) is 4.07. The Bertz CT molecular complexity index is 1100. The summed E-state index contributed by atoms with van der Waals surface area (Å²) in [5.74, 6) is -0.251. The van der Waals surface area contributed by atoms with Gasteiger partial charge < -0.3 is 10.2 Å². The van der Waals surface area contributed by atoms with Crippen LogP contribution in [0.2, 0.25) is 0 Å². The fourth-order valence-corrected chi connectivity index (χ4v) is 4.07. The van der Waals surface area contributed by atoms with Crippen LogP contribution < -0.4 is 5.32 Å². The number of rotatable bonds is 3. The Hall–Kier alpha value is -3.14. The summed E-state index contributed by atoms with van der Waals surface area (Å²) in [6.07, 6.45) is 0. The first-order valence-electron chi connectivity index (χ1n) is 9.98. The molecule has 148 valence electrons. The van der Waals surface area contributed by atoms with E-state index in [-0.39, 0.29) is 23.4 Å². The molecule has 0 fully saturated rings. The SMILES string of the molecule is CC(c1ccc2ccccc2c1)N1C(=O)c2ccccc2C1C(=O)NC(C)(C)C. The van der Waals surface area contributed by atoms with E-state index in [0.29, 0.717) is 5.56 Å². The summed E-state index contributed by atoms with van der Waals surface area (Å²) in [4.78, 5) is 28.2. The van der Waals surface area contributed by atoms with Gasteiger partial charge in [0.2, 0.25) is 5.91 Å². The lowest BCUT2D eigenvalue weighted by molar-refractivity contribution is -0.127. The Morgan fingerprint density at radius 1 is 0.966 bits per heavy atom. The molecule has 4 nitrogen and oxygen atoms in total. The summed E-state index contributed by atoms with van der Waals surface area (Å²) in [6, 6.07) is 20.9. The molecule has 0 aliphatic carbocycles. The van der Waals surface area contributed by atoms with E-state index in [1.54, 1.807) is 4.90 Å². The van der Waals surface area contributed by atoms with Gasteiger partial charge >= 0.3 is 0 Å². The molecule has 1 N–H and O–H groups in total. The van der Waals surface area contributed by atoms with Gasteiger partial charge in [-0.25, -0.2) is 0 Å². The number of hydrogen-bond acceptors (Lipinski definition) is 2. The van der Waals surface area contributed by atoms with Crippen molar-refractivity contribution in [3.8, 4) is 0 Å². The van der Waals surface area contributed by atoms with Gasteiger partial charge in [0.05, 0.1) is 6.04 Å². The van der Waals surface area contributed by atoms with Gasteiger partial charge in [0.1, 0.15) is 6.04 Å². The van der Waals surface area contributed by atoms with Crippen LogP contribution in [-0.2, 0) is 4.79 Å². The van der Waals surface area contributed by atoms with Crippen molar-refractivity contribution in [1.82, 2.24) is 10.2 Å². The molecule has 1 aliphatic rings. The number of benzene rings is 3. The van der Waals surface area contributed by atoms with Gasteiger partial charge in [-0.15, -0.1) is 0 Å². The molecule has 4 heteroatoms. The van der Waals surface area contributed by atoms with Crippen LogP contribution in [-0.4, -0.2) is 22.3 Å². The van der Waals surface area contributed by atoms with Gasteiger partial charge in [0.25, 0.3) is 5.91 Å². The molecular weight excluding hydrogens is 360 g/mol. The van der Waals surface area contributed by atoms with Crippen LogP contribution in [0.4, 0.5) is 0 Å². The van der Waals surface area contributed by atoms with Gasteiger partial charge in [-0.3, -0.25) is 9.59 Å². The van der Waals surface area contributed by atoms with Crippen molar-refractivity contribution in [3.63, 3.8) is 0 Å². The Morgan fingerprint density at radius 3 is 2.34 bits per heavy atom. The molecule has 2 amide bonds. The van der Waals surface area contributed by atoms with Crippen molar-refractivity contribution in [2.24, 2.45) is 0 Å². The van der Waals surface area contributed by atoms with Crippen molar-refractivity contribution in [2.45, 2.75) is 45.3 Å². The van der Waals surface area contributed by atoms with E-state index < -0.39 is 6.04 Å². The maximum atomic E-state index is 13.3. The molecule has 3 aromatic rings. The lowest BCUT2D eigenvalue weighted by Crippen LogP contribution is -2.47. The van der Waals surface area contributed by atoms with Crippen LogP contribution in [0.25, 0.3) is 10.8 Å². The van der Waals surface area contributed by atoms with E-state index in [2.05, 4.69) is 29.6 Å². The third-order valence-corrected chi connectivity index (χ3v) is 5.42. The molecule has 4 rings (SSSR count). The van der Waals surface area contributed by atoms with Crippen LogP contribution in [0.1, 0.15) is 61.3 Å². The maximum Gasteiger partial charge on any atom is 0.255 e. The normalized spacial score (nSPS) is 17.3. The smallest absolute Gasteiger partial charge is 0.255 e.